The number of piperidine rings is 1. The minimum atomic E-state index is -2.97. The lowest BCUT2D eigenvalue weighted by atomic mass is 9.96. The summed E-state index contributed by atoms with van der Waals surface area (Å²) in [6, 6.07) is 6.05. The molecule has 8 heteroatoms. The monoisotopic (exact) mass is 370 g/mol. The number of carbonyl (C=O) groups excluding carboxylic acids is 2. The van der Waals surface area contributed by atoms with E-state index in [2.05, 4.69) is 10.1 Å². The minimum absolute atomic E-state index is 0.0814. The molecule has 1 aromatic carbocycles. The van der Waals surface area contributed by atoms with E-state index in [0.29, 0.717) is 25.9 Å². The lowest BCUT2D eigenvalue weighted by Crippen LogP contribution is -2.43. The second-order valence-electron chi connectivity index (χ2n) is 7.11. The number of carbonyl (C=O) groups is 2. The van der Waals surface area contributed by atoms with E-state index in [-0.39, 0.29) is 23.3 Å². The van der Waals surface area contributed by atoms with Crippen molar-refractivity contribution in [2.45, 2.75) is 45.8 Å². The van der Waals surface area contributed by atoms with E-state index >= 15 is 0 Å². The average molecular weight is 370 g/mol. The molecular formula is C18H24F2N2O4. The maximum atomic E-state index is 12.4. The van der Waals surface area contributed by atoms with Crippen LogP contribution in [0.25, 0.3) is 0 Å². The van der Waals surface area contributed by atoms with Gasteiger partial charge in [0.15, 0.2) is 0 Å². The predicted octanol–water partition coefficient (Wildman–Crippen LogP) is 3.87. The molecule has 1 saturated heterocycles. The van der Waals surface area contributed by atoms with Crippen LogP contribution >= 0.6 is 0 Å². The van der Waals surface area contributed by atoms with Gasteiger partial charge in [0.25, 0.3) is 0 Å². The number of amides is 2. The number of benzene rings is 1. The Balaban J connectivity index is 1.90. The van der Waals surface area contributed by atoms with E-state index in [4.69, 9.17) is 4.74 Å². The third-order valence-corrected chi connectivity index (χ3v) is 3.88. The van der Waals surface area contributed by atoms with Crippen molar-refractivity contribution < 1.29 is 27.8 Å². The third-order valence-electron chi connectivity index (χ3n) is 3.88. The molecule has 144 valence electrons. The van der Waals surface area contributed by atoms with Gasteiger partial charge in [-0.05, 0) is 45.7 Å². The van der Waals surface area contributed by atoms with Gasteiger partial charge in [0.05, 0.1) is 5.69 Å². The zero-order valence-corrected chi connectivity index (χ0v) is 15.1. The zero-order valence-electron chi connectivity index (χ0n) is 15.1. The van der Waals surface area contributed by atoms with Crippen LogP contribution in [0.15, 0.2) is 24.3 Å². The van der Waals surface area contributed by atoms with Gasteiger partial charge in [0, 0.05) is 19.0 Å². The van der Waals surface area contributed by atoms with Crippen LogP contribution < -0.4 is 10.1 Å². The number of likely N-dealkylation sites (tertiary alicyclic amines) is 1. The Morgan fingerprint density at radius 1 is 1.19 bits per heavy atom. The first kappa shape index (κ1) is 19.9. The molecule has 1 fully saturated rings. The Kier molecular flexibility index (Phi) is 6.39. The molecule has 26 heavy (non-hydrogen) atoms. The average Bonchev–Trinajstić information content (AvgIpc) is 2.54. The van der Waals surface area contributed by atoms with Gasteiger partial charge in [0.1, 0.15) is 11.4 Å². The molecule has 1 aliphatic heterocycles. The third kappa shape index (κ3) is 5.86. The summed E-state index contributed by atoms with van der Waals surface area (Å²) in [6.07, 6.45) is 0.554. The van der Waals surface area contributed by atoms with Gasteiger partial charge in [0.2, 0.25) is 5.91 Å². The number of ether oxygens (including phenoxy) is 2. The van der Waals surface area contributed by atoms with Gasteiger partial charge < -0.3 is 19.7 Å². The maximum Gasteiger partial charge on any atom is 0.410 e. The Hall–Kier alpha value is -2.38. The number of hydrogen-bond donors (Lipinski definition) is 1. The van der Waals surface area contributed by atoms with Crippen LogP contribution in [-0.2, 0) is 9.53 Å². The predicted molar refractivity (Wildman–Crippen MR) is 92.2 cm³/mol. The SMILES string of the molecule is CC(C)(C)OC(=O)N1CCC(C(=O)Nc2ccccc2OC(F)F)CC1. The van der Waals surface area contributed by atoms with E-state index in [9.17, 15) is 18.4 Å². The highest BCUT2D eigenvalue weighted by molar-refractivity contribution is 5.94. The van der Waals surface area contributed by atoms with E-state index in [0.717, 1.165) is 0 Å². The molecule has 1 aliphatic rings. The topological polar surface area (TPSA) is 67.9 Å². The van der Waals surface area contributed by atoms with Crippen molar-refractivity contribution in [3.05, 3.63) is 24.3 Å². The summed E-state index contributed by atoms with van der Waals surface area (Å²) in [5.41, 5.74) is -0.368. The van der Waals surface area contributed by atoms with Crippen molar-refractivity contribution in [2.24, 2.45) is 5.92 Å². The molecule has 0 aromatic heterocycles. The number of nitrogens with one attached hydrogen (secondary N) is 1. The van der Waals surface area contributed by atoms with Crippen molar-refractivity contribution in [1.82, 2.24) is 4.90 Å². The van der Waals surface area contributed by atoms with Crippen LogP contribution in [-0.4, -0.2) is 42.2 Å². The van der Waals surface area contributed by atoms with E-state index < -0.39 is 18.3 Å². The minimum Gasteiger partial charge on any atom is -0.444 e. The molecule has 0 aliphatic carbocycles. The summed E-state index contributed by atoms with van der Waals surface area (Å²) in [7, 11) is 0. The maximum absolute atomic E-state index is 12.4. The van der Waals surface area contributed by atoms with Gasteiger partial charge in [-0.3, -0.25) is 4.79 Å². The van der Waals surface area contributed by atoms with Crippen LogP contribution in [0.2, 0.25) is 0 Å². The van der Waals surface area contributed by atoms with Crippen LogP contribution in [0.3, 0.4) is 0 Å². The normalized spacial score (nSPS) is 15.7. The van der Waals surface area contributed by atoms with Gasteiger partial charge in [-0.2, -0.15) is 8.78 Å². The first-order valence-electron chi connectivity index (χ1n) is 8.48. The fraction of sp³-hybridized carbons (Fsp3) is 0.556. The fourth-order valence-electron chi connectivity index (χ4n) is 2.65. The summed E-state index contributed by atoms with van der Waals surface area (Å²) >= 11 is 0. The number of halogens is 2. The highest BCUT2D eigenvalue weighted by atomic mass is 19.3. The molecule has 0 radical (unpaired) electrons. The molecule has 0 spiro atoms. The van der Waals surface area contributed by atoms with Gasteiger partial charge in [-0.15, -0.1) is 0 Å². The number of hydrogen-bond acceptors (Lipinski definition) is 4. The first-order valence-corrected chi connectivity index (χ1v) is 8.48. The summed E-state index contributed by atoms with van der Waals surface area (Å²) < 4.78 is 34.6. The van der Waals surface area contributed by atoms with Crippen molar-refractivity contribution in [3.8, 4) is 5.75 Å². The van der Waals surface area contributed by atoms with Crippen molar-refractivity contribution in [3.63, 3.8) is 0 Å². The molecule has 0 unspecified atom stereocenters. The largest absolute Gasteiger partial charge is 0.444 e. The van der Waals surface area contributed by atoms with Gasteiger partial charge >= 0.3 is 12.7 Å². The molecule has 0 saturated carbocycles. The van der Waals surface area contributed by atoms with Crippen LogP contribution in [0.1, 0.15) is 33.6 Å². The van der Waals surface area contributed by atoms with Crippen molar-refractivity contribution in [1.29, 1.82) is 0 Å². The first-order chi connectivity index (χ1) is 12.2. The lowest BCUT2D eigenvalue weighted by molar-refractivity contribution is -0.121. The Morgan fingerprint density at radius 3 is 2.38 bits per heavy atom. The molecule has 0 bridgehead atoms. The quantitative estimate of drug-likeness (QED) is 0.874. The van der Waals surface area contributed by atoms with Crippen molar-refractivity contribution in [2.75, 3.05) is 18.4 Å². The molecule has 1 heterocycles. The second kappa shape index (κ2) is 8.33. The number of nitrogens with zero attached hydrogens (tertiary/aromatic N) is 1. The number of anilines is 1. The molecule has 2 rings (SSSR count). The van der Waals surface area contributed by atoms with Crippen LogP contribution in [0.4, 0.5) is 19.3 Å². The number of para-hydroxylation sites is 2. The molecule has 6 nitrogen and oxygen atoms in total. The number of rotatable bonds is 4. The fourth-order valence-corrected chi connectivity index (χ4v) is 2.65. The van der Waals surface area contributed by atoms with Crippen LogP contribution in [0.5, 0.6) is 5.75 Å². The Labute approximate surface area is 151 Å². The Bertz CT molecular complexity index is 638. The zero-order chi connectivity index (χ0) is 19.3. The Morgan fingerprint density at radius 2 is 1.81 bits per heavy atom. The van der Waals surface area contributed by atoms with E-state index in [1.54, 1.807) is 37.8 Å². The summed E-state index contributed by atoms with van der Waals surface area (Å²) in [5.74, 6) is -0.672. The summed E-state index contributed by atoms with van der Waals surface area (Å²) in [6.45, 7) is 3.23. The van der Waals surface area contributed by atoms with Gasteiger partial charge in [-0.25, -0.2) is 4.79 Å². The lowest BCUT2D eigenvalue weighted by Gasteiger charge is -2.33. The molecule has 2 amide bonds. The molecular weight excluding hydrogens is 346 g/mol. The summed E-state index contributed by atoms with van der Waals surface area (Å²) in [5, 5.41) is 2.64. The van der Waals surface area contributed by atoms with Crippen molar-refractivity contribution >= 4 is 17.7 Å². The highest BCUT2D eigenvalue weighted by Crippen LogP contribution is 2.27. The molecule has 0 atom stereocenters. The van der Waals surface area contributed by atoms with E-state index in [1.165, 1.54) is 12.1 Å². The number of alkyl halides is 2. The standard InChI is InChI=1S/C18H24F2N2O4/c1-18(2,3)26-17(24)22-10-8-12(9-11-22)15(23)21-13-6-4-5-7-14(13)25-16(19)20/h4-7,12,16H,8-11H2,1-3H3,(H,21,23). The molecule has 1 aromatic rings. The smallest absolute Gasteiger partial charge is 0.410 e. The van der Waals surface area contributed by atoms with Gasteiger partial charge in [-0.1, -0.05) is 12.1 Å². The molecule has 1 N–H and O–H groups in total. The summed E-state index contributed by atoms with van der Waals surface area (Å²) in [4.78, 5) is 26.0. The second-order valence-corrected chi connectivity index (χ2v) is 7.11. The van der Waals surface area contributed by atoms with Crippen LogP contribution in [0, 0.1) is 5.92 Å². The van der Waals surface area contributed by atoms with E-state index in [1.807, 2.05) is 0 Å². The highest BCUT2D eigenvalue weighted by Gasteiger charge is 2.30.